The van der Waals surface area contributed by atoms with Gasteiger partial charge in [0.25, 0.3) is 0 Å². The van der Waals surface area contributed by atoms with E-state index in [9.17, 15) is 4.79 Å². The molecule has 86 valence electrons. The van der Waals surface area contributed by atoms with Crippen LogP contribution >= 0.6 is 11.6 Å². The van der Waals surface area contributed by atoms with Crippen LogP contribution in [0.25, 0.3) is 0 Å². The number of benzene rings is 1. The quantitative estimate of drug-likeness (QED) is 0.846. The molecule has 0 aromatic heterocycles. The van der Waals surface area contributed by atoms with E-state index in [1.807, 2.05) is 25.1 Å². The van der Waals surface area contributed by atoms with Crippen molar-refractivity contribution < 1.29 is 4.79 Å². The van der Waals surface area contributed by atoms with Crippen LogP contribution < -0.4 is 10.6 Å². The molecule has 0 unspecified atom stereocenters. The zero-order valence-electron chi connectivity index (χ0n) is 9.22. The van der Waals surface area contributed by atoms with Gasteiger partial charge in [-0.2, -0.15) is 0 Å². The Labute approximate surface area is 100 Å². The molecule has 1 aromatic rings. The first-order chi connectivity index (χ1) is 7.65. The largest absolute Gasteiger partial charge is 0.376 e. The summed E-state index contributed by atoms with van der Waals surface area (Å²) in [5.41, 5.74) is 2.00. The number of anilines is 1. The Morgan fingerprint density at radius 1 is 1.50 bits per heavy atom. The first-order valence-electron chi connectivity index (χ1n) is 5.44. The van der Waals surface area contributed by atoms with Gasteiger partial charge in [-0.05, 0) is 43.5 Å². The van der Waals surface area contributed by atoms with Gasteiger partial charge in [-0.1, -0.05) is 11.6 Å². The summed E-state index contributed by atoms with van der Waals surface area (Å²) < 4.78 is 0. The summed E-state index contributed by atoms with van der Waals surface area (Å²) in [5.74, 6) is 0.0526. The molecule has 0 bridgehead atoms. The zero-order chi connectivity index (χ0) is 11.5. The highest BCUT2D eigenvalue weighted by atomic mass is 35.5. The van der Waals surface area contributed by atoms with Crippen molar-refractivity contribution in [2.45, 2.75) is 25.8 Å². The fraction of sp³-hybridized carbons (Fsp3) is 0.417. The number of rotatable bonds is 4. The van der Waals surface area contributed by atoms with Crippen molar-refractivity contribution >= 4 is 23.2 Å². The topological polar surface area (TPSA) is 41.1 Å². The van der Waals surface area contributed by atoms with Crippen LogP contribution in [0.4, 0.5) is 5.69 Å². The van der Waals surface area contributed by atoms with Gasteiger partial charge in [0.15, 0.2) is 0 Å². The summed E-state index contributed by atoms with van der Waals surface area (Å²) in [6.07, 6.45) is 2.23. The van der Waals surface area contributed by atoms with Crippen molar-refractivity contribution in [1.82, 2.24) is 5.32 Å². The Morgan fingerprint density at radius 2 is 2.25 bits per heavy atom. The van der Waals surface area contributed by atoms with E-state index in [0.29, 0.717) is 17.6 Å². The van der Waals surface area contributed by atoms with E-state index in [2.05, 4.69) is 10.6 Å². The maximum atomic E-state index is 11.4. The third-order valence-corrected chi connectivity index (χ3v) is 2.81. The lowest BCUT2D eigenvalue weighted by Gasteiger charge is -2.09. The van der Waals surface area contributed by atoms with Crippen LogP contribution in [0.15, 0.2) is 18.2 Å². The molecule has 1 amide bonds. The second-order valence-corrected chi connectivity index (χ2v) is 4.59. The third kappa shape index (κ3) is 3.14. The molecule has 4 heteroatoms. The Hall–Kier alpha value is -1.22. The monoisotopic (exact) mass is 238 g/mol. The standard InChI is InChI=1S/C12H15ClN2O/c1-8-6-9(13)2-5-11(8)14-7-12(16)15-10-3-4-10/h2,5-6,10,14H,3-4,7H2,1H3,(H,15,16). The number of halogens is 1. The van der Waals surface area contributed by atoms with E-state index < -0.39 is 0 Å². The van der Waals surface area contributed by atoms with Gasteiger partial charge in [0, 0.05) is 16.8 Å². The first-order valence-corrected chi connectivity index (χ1v) is 5.82. The van der Waals surface area contributed by atoms with Crippen LogP contribution in [0.3, 0.4) is 0 Å². The van der Waals surface area contributed by atoms with Crippen LogP contribution in [-0.2, 0) is 4.79 Å². The van der Waals surface area contributed by atoms with Gasteiger partial charge in [0.05, 0.1) is 6.54 Å². The lowest BCUT2D eigenvalue weighted by Crippen LogP contribution is -2.31. The lowest BCUT2D eigenvalue weighted by atomic mass is 10.2. The average Bonchev–Trinajstić information content (AvgIpc) is 3.00. The first kappa shape index (κ1) is 11.3. The van der Waals surface area contributed by atoms with Gasteiger partial charge in [0.2, 0.25) is 5.91 Å². The summed E-state index contributed by atoms with van der Waals surface area (Å²) in [6.45, 7) is 2.28. The molecule has 0 radical (unpaired) electrons. The number of carbonyl (C=O) groups is 1. The Kier molecular flexibility index (Phi) is 3.34. The fourth-order valence-electron chi connectivity index (χ4n) is 1.51. The molecule has 0 saturated heterocycles. The minimum atomic E-state index is 0.0526. The van der Waals surface area contributed by atoms with Crippen molar-refractivity contribution in [3.8, 4) is 0 Å². The average molecular weight is 239 g/mol. The predicted molar refractivity (Wildman–Crippen MR) is 65.8 cm³/mol. The highest BCUT2D eigenvalue weighted by Crippen LogP contribution is 2.20. The Balaban J connectivity index is 1.85. The number of aryl methyl sites for hydroxylation is 1. The number of amides is 1. The van der Waals surface area contributed by atoms with Crippen LogP contribution in [0.2, 0.25) is 5.02 Å². The second kappa shape index (κ2) is 4.74. The molecule has 16 heavy (non-hydrogen) atoms. The van der Waals surface area contributed by atoms with E-state index in [1.54, 1.807) is 0 Å². The molecule has 2 N–H and O–H groups in total. The molecule has 1 fully saturated rings. The Bertz CT molecular complexity index is 402. The third-order valence-electron chi connectivity index (χ3n) is 2.57. The fourth-order valence-corrected chi connectivity index (χ4v) is 1.73. The summed E-state index contributed by atoms with van der Waals surface area (Å²) in [6, 6.07) is 6.00. The molecule has 0 heterocycles. The highest BCUT2D eigenvalue weighted by Gasteiger charge is 2.22. The maximum absolute atomic E-state index is 11.4. The van der Waals surface area contributed by atoms with Gasteiger partial charge in [-0.3, -0.25) is 4.79 Å². The molecule has 1 aromatic carbocycles. The minimum absolute atomic E-state index is 0.0526. The van der Waals surface area contributed by atoms with Crippen LogP contribution in [-0.4, -0.2) is 18.5 Å². The van der Waals surface area contributed by atoms with Gasteiger partial charge >= 0.3 is 0 Å². The van der Waals surface area contributed by atoms with Gasteiger partial charge in [-0.15, -0.1) is 0 Å². The SMILES string of the molecule is Cc1cc(Cl)ccc1NCC(=O)NC1CC1. The zero-order valence-corrected chi connectivity index (χ0v) is 9.97. The number of carbonyl (C=O) groups excluding carboxylic acids is 1. The van der Waals surface area contributed by atoms with E-state index in [1.165, 1.54) is 0 Å². The van der Waals surface area contributed by atoms with Crippen molar-refractivity contribution in [2.75, 3.05) is 11.9 Å². The van der Waals surface area contributed by atoms with E-state index in [0.717, 1.165) is 24.1 Å². The predicted octanol–water partition coefficient (Wildman–Crippen LogP) is 2.34. The smallest absolute Gasteiger partial charge is 0.239 e. The van der Waals surface area contributed by atoms with Crippen molar-refractivity contribution in [3.63, 3.8) is 0 Å². The van der Waals surface area contributed by atoms with Crippen molar-refractivity contribution in [3.05, 3.63) is 28.8 Å². The molecule has 1 saturated carbocycles. The van der Waals surface area contributed by atoms with Crippen molar-refractivity contribution in [1.29, 1.82) is 0 Å². The second-order valence-electron chi connectivity index (χ2n) is 4.15. The molecule has 0 atom stereocenters. The normalized spacial score (nSPS) is 14.6. The minimum Gasteiger partial charge on any atom is -0.376 e. The summed E-state index contributed by atoms with van der Waals surface area (Å²) in [7, 11) is 0. The molecular weight excluding hydrogens is 224 g/mol. The van der Waals surface area contributed by atoms with Crippen molar-refractivity contribution in [2.24, 2.45) is 0 Å². The van der Waals surface area contributed by atoms with E-state index in [-0.39, 0.29) is 5.91 Å². The molecular formula is C12H15ClN2O. The summed E-state index contributed by atoms with van der Waals surface area (Å²) in [5, 5.41) is 6.74. The summed E-state index contributed by atoms with van der Waals surface area (Å²) in [4.78, 5) is 11.4. The van der Waals surface area contributed by atoms with E-state index in [4.69, 9.17) is 11.6 Å². The molecule has 0 spiro atoms. The van der Waals surface area contributed by atoms with Crippen LogP contribution in [0.5, 0.6) is 0 Å². The number of hydrogen-bond acceptors (Lipinski definition) is 2. The van der Waals surface area contributed by atoms with Gasteiger partial charge in [0.1, 0.15) is 0 Å². The number of nitrogens with one attached hydrogen (secondary N) is 2. The molecule has 1 aliphatic rings. The Morgan fingerprint density at radius 3 is 2.88 bits per heavy atom. The van der Waals surface area contributed by atoms with Gasteiger partial charge in [-0.25, -0.2) is 0 Å². The van der Waals surface area contributed by atoms with Gasteiger partial charge < -0.3 is 10.6 Å². The van der Waals surface area contributed by atoms with Crippen LogP contribution in [0, 0.1) is 6.92 Å². The summed E-state index contributed by atoms with van der Waals surface area (Å²) >= 11 is 5.85. The number of hydrogen-bond donors (Lipinski definition) is 2. The van der Waals surface area contributed by atoms with E-state index >= 15 is 0 Å². The highest BCUT2D eigenvalue weighted by molar-refractivity contribution is 6.30. The molecule has 0 aliphatic heterocycles. The lowest BCUT2D eigenvalue weighted by molar-refractivity contribution is -0.119. The maximum Gasteiger partial charge on any atom is 0.239 e. The molecule has 1 aliphatic carbocycles. The van der Waals surface area contributed by atoms with Crippen LogP contribution in [0.1, 0.15) is 18.4 Å². The molecule has 2 rings (SSSR count). The molecule has 3 nitrogen and oxygen atoms in total.